The summed E-state index contributed by atoms with van der Waals surface area (Å²) in [5, 5.41) is 13.0. The first-order valence-electron chi connectivity index (χ1n) is 7.42. The van der Waals surface area contributed by atoms with Crippen molar-refractivity contribution in [1.29, 1.82) is 0 Å². The molecule has 0 aromatic heterocycles. The normalized spacial score (nSPS) is 13.2. The molecule has 2 rings (SSSR count). The largest absolute Gasteiger partial charge is 0.465 e. The van der Waals surface area contributed by atoms with E-state index in [4.69, 9.17) is 0 Å². The molecule has 5 nitrogen and oxygen atoms in total. The summed E-state index contributed by atoms with van der Waals surface area (Å²) in [5.41, 5.74) is -1.79. The van der Waals surface area contributed by atoms with Crippen LogP contribution in [-0.4, -0.2) is 30.5 Å². The Morgan fingerprint density at radius 1 is 1.12 bits per heavy atom. The predicted molar refractivity (Wildman–Crippen MR) is 87.4 cm³/mol. The van der Waals surface area contributed by atoms with Crippen LogP contribution < -0.4 is 5.32 Å². The second-order valence-corrected chi connectivity index (χ2v) is 5.34. The Morgan fingerprint density at radius 3 is 2.24 bits per heavy atom. The molecule has 0 aliphatic rings. The van der Waals surface area contributed by atoms with Crippen LogP contribution in [0.2, 0.25) is 0 Å². The Morgan fingerprint density at radius 2 is 1.72 bits per heavy atom. The molecule has 132 valence electrons. The number of halogens is 2. The molecule has 0 aliphatic carbocycles. The topological polar surface area (TPSA) is 75.6 Å². The Hall–Kier alpha value is -2.80. The van der Waals surface area contributed by atoms with E-state index < -0.39 is 30.3 Å². The predicted octanol–water partition coefficient (Wildman–Crippen LogP) is 2.95. The number of hydrogen-bond donors (Lipinski definition) is 2. The minimum absolute atomic E-state index is 0.0685. The number of hydrogen-bond acceptors (Lipinski definition) is 4. The van der Waals surface area contributed by atoms with Crippen molar-refractivity contribution in [3.05, 3.63) is 65.7 Å². The second-order valence-electron chi connectivity index (χ2n) is 5.34. The number of rotatable bonds is 6. The average Bonchev–Trinajstić information content (AvgIpc) is 2.61. The summed E-state index contributed by atoms with van der Waals surface area (Å²) in [7, 11) is 1.24. The number of amides is 1. The second kappa shape index (κ2) is 7.85. The standard InChI is InChI=1S/C18H17F2NO4/c1-25-16(22)12-7-9-14(10-8-12)21-17(23)18(24,11-15(19)20)13-5-3-2-4-6-13/h2-10,15,24H,11H2,1H3,(H,21,23). The van der Waals surface area contributed by atoms with Gasteiger partial charge in [-0.3, -0.25) is 4.79 Å². The molecule has 0 saturated heterocycles. The molecule has 0 radical (unpaired) electrons. The van der Waals surface area contributed by atoms with E-state index in [0.717, 1.165) is 0 Å². The first-order valence-corrected chi connectivity index (χ1v) is 7.42. The van der Waals surface area contributed by atoms with Gasteiger partial charge in [-0.15, -0.1) is 0 Å². The van der Waals surface area contributed by atoms with Gasteiger partial charge in [-0.25, -0.2) is 13.6 Å². The van der Waals surface area contributed by atoms with Gasteiger partial charge in [-0.2, -0.15) is 0 Å². The van der Waals surface area contributed by atoms with E-state index in [9.17, 15) is 23.5 Å². The monoisotopic (exact) mass is 349 g/mol. The maximum atomic E-state index is 12.9. The lowest BCUT2D eigenvalue weighted by Gasteiger charge is -2.27. The van der Waals surface area contributed by atoms with Crippen LogP contribution in [-0.2, 0) is 15.1 Å². The highest BCUT2D eigenvalue weighted by molar-refractivity contribution is 5.98. The van der Waals surface area contributed by atoms with Crippen LogP contribution in [0.25, 0.3) is 0 Å². The van der Waals surface area contributed by atoms with Crippen molar-refractivity contribution in [1.82, 2.24) is 0 Å². The minimum atomic E-state index is -2.88. The molecule has 0 saturated carbocycles. The Kier molecular flexibility index (Phi) is 5.82. The number of aliphatic hydroxyl groups is 1. The van der Waals surface area contributed by atoms with Gasteiger partial charge in [0.15, 0.2) is 5.60 Å². The van der Waals surface area contributed by atoms with Crippen molar-refractivity contribution in [2.75, 3.05) is 12.4 Å². The zero-order valence-electron chi connectivity index (χ0n) is 13.4. The Labute approximate surface area is 143 Å². The summed E-state index contributed by atoms with van der Waals surface area (Å²) >= 11 is 0. The number of methoxy groups -OCH3 is 1. The summed E-state index contributed by atoms with van der Waals surface area (Å²) in [6.07, 6.45) is -3.92. The molecule has 25 heavy (non-hydrogen) atoms. The molecule has 2 aromatic rings. The molecule has 0 spiro atoms. The molecule has 1 amide bonds. The summed E-state index contributed by atoms with van der Waals surface area (Å²) in [5.74, 6) is -1.53. The van der Waals surface area contributed by atoms with Gasteiger partial charge in [0, 0.05) is 5.69 Å². The van der Waals surface area contributed by atoms with E-state index in [1.807, 2.05) is 0 Å². The van der Waals surface area contributed by atoms with Crippen LogP contribution in [0.3, 0.4) is 0 Å². The van der Waals surface area contributed by atoms with Gasteiger partial charge >= 0.3 is 5.97 Å². The molecule has 0 fully saturated rings. The summed E-state index contributed by atoms with van der Waals surface area (Å²) in [6, 6.07) is 13.2. The highest BCUT2D eigenvalue weighted by atomic mass is 19.3. The van der Waals surface area contributed by atoms with Crippen LogP contribution in [0.4, 0.5) is 14.5 Å². The molecule has 0 aliphatic heterocycles. The van der Waals surface area contributed by atoms with Crippen LogP contribution in [0.5, 0.6) is 0 Å². The fraction of sp³-hybridized carbons (Fsp3) is 0.222. The number of ether oxygens (including phenoxy) is 1. The van der Waals surface area contributed by atoms with E-state index in [1.54, 1.807) is 18.2 Å². The molecule has 2 N–H and O–H groups in total. The fourth-order valence-electron chi connectivity index (χ4n) is 2.32. The van der Waals surface area contributed by atoms with Crippen molar-refractivity contribution < 1.29 is 28.2 Å². The highest BCUT2D eigenvalue weighted by Gasteiger charge is 2.40. The molecule has 0 heterocycles. The molecule has 0 bridgehead atoms. The molecule has 1 unspecified atom stereocenters. The molecular weight excluding hydrogens is 332 g/mol. The van der Waals surface area contributed by atoms with E-state index in [1.165, 1.54) is 43.5 Å². The number of anilines is 1. The zero-order valence-corrected chi connectivity index (χ0v) is 13.4. The molecule has 7 heteroatoms. The van der Waals surface area contributed by atoms with Crippen LogP contribution in [0.1, 0.15) is 22.3 Å². The van der Waals surface area contributed by atoms with Crippen molar-refractivity contribution in [2.24, 2.45) is 0 Å². The third-order valence-corrected chi connectivity index (χ3v) is 3.64. The van der Waals surface area contributed by atoms with Crippen molar-refractivity contribution in [3.63, 3.8) is 0 Å². The lowest BCUT2D eigenvalue weighted by Crippen LogP contribution is -2.42. The molecular formula is C18H17F2NO4. The van der Waals surface area contributed by atoms with Crippen molar-refractivity contribution >= 4 is 17.6 Å². The number of alkyl halides is 2. The lowest BCUT2D eigenvalue weighted by atomic mass is 9.89. The molecule has 2 aromatic carbocycles. The summed E-state index contributed by atoms with van der Waals surface area (Å²) in [6.45, 7) is 0. The van der Waals surface area contributed by atoms with Crippen LogP contribution in [0, 0.1) is 0 Å². The van der Waals surface area contributed by atoms with Gasteiger partial charge in [-0.05, 0) is 29.8 Å². The van der Waals surface area contributed by atoms with Gasteiger partial charge < -0.3 is 15.2 Å². The van der Waals surface area contributed by atoms with Crippen molar-refractivity contribution in [3.8, 4) is 0 Å². The maximum absolute atomic E-state index is 12.9. The SMILES string of the molecule is COC(=O)c1ccc(NC(=O)C(O)(CC(F)F)c2ccccc2)cc1. The van der Waals surface area contributed by atoms with Gasteiger partial charge in [0.25, 0.3) is 5.91 Å². The van der Waals surface area contributed by atoms with Gasteiger partial charge in [0.2, 0.25) is 6.43 Å². The minimum Gasteiger partial charge on any atom is -0.465 e. The van der Waals surface area contributed by atoms with E-state index in [-0.39, 0.29) is 16.8 Å². The van der Waals surface area contributed by atoms with Crippen LogP contribution >= 0.6 is 0 Å². The Bertz CT molecular complexity index is 735. The van der Waals surface area contributed by atoms with E-state index in [2.05, 4.69) is 10.1 Å². The number of carbonyl (C=O) groups is 2. The van der Waals surface area contributed by atoms with Crippen LogP contribution in [0.15, 0.2) is 54.6 Å². The third kappa shape index (κ3) is 4.39. The number of carbonyl (C=O) groups excluding carboxylic acids is 2. The number of nitrogens with one attached hydrogen (secondary N) is 1. The Balaban J connectivity index is 2.24. The summed E-state index contributed by atoms with van der Waals surface area (Å²) in [4.78, 5) is 23.8. The smallest absolute Gasteiger partial charge is 0.337 e. The lowest BCUT2D eigenvalue weighted by molar-refractivity contribution is -0.139. The summed E-state index contributed by atoms with van der Waals surface area (Å²) < 4.78 is 30.4. The van der Waals surface area contributed by atoms with E-state index >= 15 is 0 Å². The first-order chi connectivity index (χ1) is 11.9. The quantitative estimate of drug-likeness (QED) is 0.786. The first kappa shape index (κ1) is 18.5. The van der Waals surface area contributed by atoms with Gasteiger partial charge in [0.1, 0.15) is 0 Å². The van der Waals surface area contributed by atoms with E-state index in [0.29, 0.717) is 0 Å². The third-order valence-electron chi connectivity index (χ3n) is 3.64. The van der Waals surface area contributed by atoms with Gasteiger partial charge in [0.05, 0.1) is 19.1 Å². The number of benzene rings is 2. The highest BCUT2D eigenvalue weighted by Crippen LogP contribution is 2.30. The molecule has 1 atom stereocenters. The average molecular weight is 349 g/mol. The fourth-order valence-corrected chi connectivity index (χ4v) is 2.32. The van der Waals surface area contributed by atoms with Gasteiger partial charge in [-0.1, -0.05) is 30.3 Å². The number of esters is 1. The van der Waals surface area contributed by atoms with Crippen molar-refractivity contribution in [2.45, 2.75) is 18.4 Å². The zero-order chi connectivity index (χ0) is 18.4. The maximum Gasteiger partial charge on any atom is 0.337 e.